The molecule has 1 aromatic carbocycles. The van der Waals surface area contributed by atoms with Gasteiger partial charge in [0.25, 0.3) is 5.91 Å². The summed E-state index contributed by atoms with van der Waals surface area (Å²) < 4.78 is 6.18. The monoisotopic (exact) mass is 396 g/mol. The molecule has 1 fully saturated rings. The van der Waals surface area contributed by atoms with E-state index in [-0.39, 0.29) is 23.1 Å². The van der Waals surface area contributed by atoms with Crippen molar-refractivity contribution >= 4 is 11.9 Å². The Morgan fingerprint density at radius 3 is 2.79 bits per heavy atom. The maximum atomic E-state index is 12.8. The van der Waals surface area contributed by atoms with Crippen molar-refractivity contribution in [1.82, 2.24) is 16.0 Å². The van der Waals surface area contributed by atoms with Crippen LogP contribution in [-0.4, -0.2) is 18.5 Å². The summed E-state index contributed by atoms with van der Waals surface area (Å²) in [5.41, 5.74) is 8.59. The van der Waals surface area contributed by atoms with Crippen LogP contribution in [0.4, 0.5) is 4.79 Å². The molecule has 1 atom stereocenters. The molecule has 0 spiro atoms. The molecule has 7 nitrogen and oxygen atoms in total. The first kappa shape index (κ1) is 19.4. The number of amides is 3. The topological polar surface area (TPSA) is 105 Å². The number of carbonyl (C=O) groups is 2. The predicted octanol–water partition coefficient (Wildman–Crippen LogP) is 2.75. The van der Waals surface area contributed by atoms with Gasteiger partial charge in [0, 0.05) is 0 Å². The van der Waals surface area contributed by atoms with Crippen LogP contribution in [0.5, 0.6) is 5.75 Å². The SMILES string of the molecule is C=C1NC(=O)NC(C(=O)N[C@@H]2CCCc3c(OCC4CCCC4)cccc32)=C1N. The fraction of sp³-hybridized carbons (Fsp3) is 0.455. The van der Waals surface area contributed by atoms with Gasteiger partial charge in [0.05, 0.1) is 24.0 Å². The third kappa shape index (κ3) is 4.09. The van der Waals surface area contributed by atoms with Crippen molar-refractivity contribution in [2.24, 2.45) is 11.7 Å². The molecule has 0 radical (unpaired) electrons. The zero-order valence-electron chi connectivity index (χ0n) is 16.6. The molecule has 1 heterocycles. The number of nitrogens with one attached hydrogen (secondary N) is 3. The molecule has 3 aliphatic rings. The molecule has 4 rings (SSSR count). The van der Waals surface area contributed by atoms with Gasteiger partial charge in [-0.3, -0.25) is 4.79 Å². The van der Waals surface area contributed by atoms with E-state index < -0.39 is 11.9 Å². The Bertz CT molecular complexity index is 871. The normalized spacial score (nSPS) is 22.0. The minimum Gasteiger partial charge on any atom is -0.493 e. The van der Waals surface area contributed by atoms with E-state index in [1.54, 1.807) is 0 Å². The lowest BCUT2D eigenvalue weighted by atomic mass is 9.87. The van der Waals surface area contributed by atoms with E-state index in [2.05, 4.69) is 22.5 Å². The van der Waals surface area contributed by atoms with Gasteiger partial charge in [0.1, 0.15) is 11.4 Å². The second-order valence-electron chi connectivity index (χ2n) is 8.05. The molecule has 0 saturated heterocycles. The van der Waals surface area contributed by atoms with Crippen LogP contribution in [0.2, 0.25) is 0 Å². The van der Waals surface area contributed by atoms with Gasteiger partial charge in [-0.05, 0) is 55.2 Å². The summed E-state index contributed by atoms with van der Waals surface area (Å²) in [5, 5.41) is 7.96. The van der Waals surface area contributed by atoms with Gasteiger partial charge in [0.15, 0.2) is 0 Å². The van der Waals surface area contributed by atoms with E-state index in [4.69, 9.17) is 10.5 Å². The first-order valence-electron chi connectivity index (χ1n) is 10.4. The highest BCUT2D eigenvalue weighted by Gasteiger charge is 2.29. The molecule has 154 valence electrons. The zero-order chi connectivity index (χ0) is 20.4. The average Bonchev–Trinajstić information content (AvgIpc) is 3.23. The number of hydrogen-bond donors (Lipinski definition) is 4. The van der Waals surface area contributed by atoms with E-state index >= 15 is 0 Å². The van der Waals surface area contributed by atoms with Crippen molar-refractivity contribution in [3.63, 3.8) is 0 Å². The number of carbonyl (C=O) groups excluding carboxylic acids is 2. The minimum absolute atomic E-state index is 0.0412. The van der Waals surface area contributed by atoms with Gasteiger partial charge < -0.3 is 26.4 Å². The van der Waals surface area contributed by atoms with E-state index in [1.807, 2.05) is 18.2 Å². The first-order valence-corrected chi connectivity index (χ1v) is 10.4. The van der Waals surface area contributed by atoms with Crippen LogP contribution in [0.25, 0.3) is 0 Å². The van der Waals surface area contributed by atoms with Crippen LogP contribution in [-0.2, 0) is 11.2 Å². The number of fused-ring (bicyclic) bond motifs is 1. The molecule has 3 amide bonds. The smallest absolute Gasteiger partial charge is 0.323 e. The summed E-state index contributed by atoms with van der Waals surface area (Å²) in [4.78, 5) is 24.5. The standard InChI is InChI=1S/C22H28N4O3/c1-13-19(23)20(26-22(28)24-13)21(27)25-17-10-4-9-16-15(17)8-5-11-18(16)29-12-14-6-2-3-7-14/h5,8,11,14,17H,1-4,6-7,9-10,12,23H2,(H,25,27)(H2,24,26,28)/t17-/m1/s1. The molecule has 1 aliphatic heterocycles. The van der Waals surface area contributed by atoms with Crippen LogP contribution in [0.1, 0.15) is 55.7 Å². The Labute approximate surface area is 170 Å². The number of rotatable bonds is 5. The van der Waals surface area contributed by atoms with Crippen LogP contribution in [0.3, 0.4) is 0 Å². The number of nitrogens with two attached hydrogens (primary N) is 1. The number of benzene rings is 1. The second kappa shape index (κ2) is 8.19. The molecule has 1 saturated carbocycles. The lowest BCUT2D eigenvalue weighted by Crippen LogP contribution is -2.47. The van der Waals surface area contributed by atoms with Crippen molar-refractivity contribution in [2.45, 2.75) is 51.0 Å². The van der Waals surface area contributed by atoms with Crippen molar-refractivity contribution in [2.75, 3.05) is 6.61 Å². The molecule has 7 heteroatoms. The highest BCUT2D eigenvalue weighted by Crippen LogP contribution is 2.36. The Morgan fingerprint density at radius 2 is 2.00 bits per heavy atom. The maximum Gasteiger partial charge on any atom is 0.323 e. The molecule has 0 aromatic heterocycles. The molecule has 29 heavy (non-hydrogen) atoms. The van der Waals surface area contributed by atoms with Gasteiger partial charge in [-0.2, -0.15) is 0 Å². The summed E-state index contributed by atoms with van der Waals surface area (Å²) in [6, 6.07) is 5.38. The van der Waals surface area contributed by atoms with Crippen LogP contribution >= 0.6 is 0 Å². The summed E-state index contributed by atoms with van der Waals surface area (Å²) in [6.07, 6.45) is 7.80. The summed E-state index contributed by atoms with van der Waals surface area (Å²) in [6.45, 7) is 4.44. The van der Waals surface area contributed by atoms with Gasteiger partial charge in [0.2, 0.25) is 0 Å². The number of urea groups is 1. The van der Waals surface area contributed by atoms with Gasteiger partial charge >= 0.3 is 6.03 Å². The van der Waals surface area contributed by atoms with Gasteiger partial charge in [-0.1, -0.05) is 31.6 Å². The Balaban J connectivity index is 1.50. The van der Waals surface area contributed by atoms with Crippen molar-refractivity contribution in [3.8, 4) is 5.75 Å². The van der Waals surface area contributed by atoms with Crippen molar-refractivity contribution in [1.29, 1.82) is 0 Å². The third-order valence-electron chi connectivity index (χ3n) is 6.04. The molecular formula is C22H28N4O3. The van der Waals surface area contributed by atoms with Crippen LogP contribution in [0.15, 0.2) is 41.9 Å². The van der Waals surface area contributed by atoms with E-state index in [9.17, 15) is 9.59 Å². The van der Waals surface area contributed by atoms with Crippen LogP contribution < -0.4 is 26.4 Å². The maximum absolute atomic E-state index is 12.8. The number of hydrogen-bond acceptors (Lipinski definition) is 4. The van der Waals surface area contributed by atoms with Gasteiger partial charge in [-0.15, -0.1) is 0 Å². The fourth-order valence-corrected chi connectivity index (χ4v) is 4.46. The molecule has 1 aromatic rings. The van der Waals surface area contributed by atoms with Gasteiger partial charge in [-0.25, -0.2) is 4.79 Å². The Hall–Kier alpha value is -2.96. The summed E-state index contributed by atoms with van der Waals surface area (Å²) in [5.74, 6) is 1.17. The molecule has 0 bridgehead atoms. The molecule has 2 aliphatic carbocycles. The lowest BCUT2D eigenvalue weighted by Gasteiger charge is -2.29. The Kier molecular flexibility index (Phi) is 5.47. The molecule has 5 N–H and O–H groups in total. The first-order chi connectivity index (χ1) is 14.0. The fourth-order valence-electron chi connectivity index (χ4n) is 4.46. The average molecular weight is 396 g/mol. The largest absolute Gasteiger partial charge is 0.493 e. The summed E-state index contributed by atoms with van der Waals surface area (Å²) >= 11 is 0. The van der Waals surface area contributed by atoms with E-state index in [0.29, 0.717) is 5.92 Å². The van der Waals surface area contributed by atoms with Crippen molar-refractivity contribution < 1.29 is 14.3 Å². The molecule has 0 unspecified atom stereocenters. The Morgan fingerprint density at radius 1 is 1.21 bits per heavy atom. The van der Waals surface area contributed by atoms with E-state index in [1.165, 1.54) is 31.2 Å². The van der Waals surface area contributed by atoms with Crippen LogP contribution in [0, 0.1) is 5.92 Å². The second-order valence-corrected chi connectivity index (χ2v) is 8.05. The number of ether oxygens (including phenoxy) is 1. The quantitative estimate of drug-likeness (QED) is 0.614. The van der Waals surface area contributed by atoms with Crippen molar-refractivity contribution in [3.05, 3.63) is 53.0 Å². The highest BCUT2D eigenvalue weighted by molar-refractivity contribution is 6.00. The van der Waals surface area contributed by atoms with E-state index in [0.717, 1.165) is 37.2 Å². The molecular weight excluding hydrogens is 368 g/mol. The minimum atomic E-state index is -0.513. The third-order valence-corrected chi connectivity index (χ3v) is 6.04. The zero-order valence-corrected chi connectivity index (χ0v) is 16.6. The predicted molar refractivity (Wildman–Crippen MR) is 110 cm³/mol. The summed E-state index contributed by atoms with van der Waals surface area (Å²) in [7, 11) is 0. The lowest BCUT2D eigenvalue weighted by molar-refractivity contribution is -0.118. The highest BCUT2D eigenvalue weighted by atomic mass is 16.5.